The monoisotopic (exact) mass is 221 g/mol. The molecule has 0 amide bonds. The van der Waals surface area contributed by atoms with Gasteiger partial charge in [-0.2, -0.15) is 0 Å². The van der Waals surface area contributed by atoms with Crippen LogP contribution in [0.15, 0.2) is 39.8 Å². The lowest BCUT2D eigenvalue weighted by Crippen LogP contribution is -1.78. The largest absolute Gasteiger partial charge is 0.390 e. The average Bonchev–Trinajstić information content (AvgIpc) is 2.78. The van der Waals surface area contributed by atoms with Gasteiger partial charge in [0.15, 0.2) is 5.76 Å². The van der Waals surface area contributed by atoms with Crippen LogP contribution in [0.5, 0.6) is 0 Å². The third kappa shape index (κ3) is 2.22. The van der Waals surface area contributed by atoms with Crippen molar-refractivity contribution >= 4 is 11.8 Å². The molecule has 1 heterocycles. The van der Waals surface area contributed by atoms with E-state index in [-0.39, 0.29) is 6.61 Å². The number of benzene rings is 1. The van der Waals surface area contributed by atoms with E-state index in [1.54, 1.807) is 17.8 Å². The maximum Gasteiger partial charge on any atom is 0.167 e. The van der Waals surface area contributed by atoms with E-state index in [4.69, 9.17) is 9.63 Å². The van der Waals surface area contributed by atoms with Crippen molar-refractivity contribution in [1.29, 1.82) is 0 Å². The summed E-state index contributed by atoms with van der Waals surface area (Å²) in [5.41, 5.74) is 1.53. The molecule has 1 aromatic carbocycles. The third-order valence-corrected chi connectivity index (χ3v) is 2.84. The lowest BCUT2D eigenvalue weighted by molar-refractivity contribution is 0.267. The molecule has 0 bridgehead atoms. The summed E-state index contributed by atoms with van der Waals surface area (Å²) in [5, 5.41) is 12.6. The zero-order valence-corrected chi connectivity index (χ0v) is 9.12. The lowest BCUT2D eigenvalue weighted by atomic mass is 10.2. The van der Waals surface area contributed by atoms with E-state index in [1.165, 1.54) is 4.90 Å². The first-order chi connectivity index (χ1) is 7.33. The van der Waals surface area contributed by atoms with Gasteiger partial charge in [-0.05, 0) is 18.4 Å². The van der Waals surface area contributed by atoms with Crippen LogP contribution in [0.1, 0.15) is 5.69 Å². The number of aliphatic hydroxyl groups excluding tert-OH is 1. The summed E-state index contributed by atoms with van der Waals surface area (Å²) < 4.78 is 5.10. The summed E-state index contributed by atoms with van der Waals surface area (Å²) in [6.45, 7) is -0.0909. The minimum absolute atomic E-state index is 0.0909. The molecule has 4 heteroatoms. The van der Waals surface area contributed by atoms with Gasteiger partial charge in [0.1, 0.15) is 5.69 Å². The highest BCUT2D eigenvalue weighted by Gasteiger charge is 2.05. The number of hydrogen-bond acceptors (Lipinski definition) is 4. The second kappa shape index (κ2) is 4.51. The summed E-state index contributed by atoms with van der Waals surface area (Å²) in [4.78, 5) is 1.21. The highest BCUT2D eigenvalue weighted by molar-refractivity contribution is 7.98. The van der Waals surface area contributed by atoms with Crippen LogP contribution in [0.3, 0.4) is 0 Å². The number of rotatable bonds is 3. The molecule has 2 aromatic rings. The quantitative estimate of drug-likeness (QED) is 0.809. The molecule has 0 aliphatic carbocycles. The van der Waals surface area contributed by atoms with Crippen LogP contribution in [0.25, 0.3) is 11.3 Å². The first kappa shape index (κ1) is 10.3. The van der Waals surface area contributed by atoms with Crippen LogP contribution in [0.2, 0.25) is 0 Å². The van der Waals surface area contributed by atoms with Crippen molar-refractivity contribution in [1.82, 2.24) is 5.16 Å². The number of aromatic nitrogens is 1. The Balaban J connectivity index is 2.28. The molecule has 0 unspecified atom stereocenters. The molecule has 0 saturated carbocycles. The Morgan fingerprint density at radius 3 is 2.60 bits per heavy atom. The second-order valence-electron chi connectivity index (χ2n) is 3.07. The molecule has 0 atom stereocenters. The zero-order chi connectivity index (χ0) is 10.7. The van der Waals surface area contributed by atoms with E-state index in [0.717, 1.165) is 5.56 Å². The van der Waals surface area contributed by atoms with Gasteiger partial charge in [0.25, 0.3) is 0 Å². The fraction of sp³-hybridized carbons (Fsp3) is 0.182. The van der Waals surface area contributed by atoms with Gasteiger partial charge in [0.05, 0.1) is 6.61 Å². The van der Waals surface area contributed by atoms with Gasteiger partial charge in [0.2, 0.25) is 0 Å². The van der Waals surface area contributed by atoms with Gasteiger partial charge >= 0.3 is 0 Å². The molecule has 0 fully saturated rings. The summed E-state index contributed by atoms with van der Waals surface area (Å²) >= 11 is 1.70. The molecule has 15 heavy (non-hydrogen) atoms. The van der Waals surface area contributed by atoms with Crippen molar-refractivity contribution in [3.05, 3.63) is 36.0 Å². The maximum absolute atomic E-state index is 8.85. The van der Waals surface area contributed by atoms with Crippen molar-refractivity contribution in [2.45, 2.75) is 11.5 Å². The summed E-state index contributed by atoms with van der Waals surface area (Å²) in [7, 11) is 0. The molecular formula is C11H11NO2S. The van der Waals surface area contributed by atoms with E-state index in [9.17, 15) is 0 Å². The fourth-order valence-corrected chi connectivity index (χ4v) is 1.69. The van der Waals surface area contributed by atoms with Gasteiger partial charge in [-0.1, -0.05) is 17.3 Å². The van der Waals surface area contributed by atoms with Gasteiger partial charge in [0, 0.05) is 16.5 Å². The highest BCUT2D eigenvalue weighted by atomic mass is 32.2. The molecule has 1 N–H and O–H groups in total. The standard InChI is InChI=1S/C11H11NO2S/c1-15-10-4-2-8(3-5-10)11-6-9(7-13)12-14-11/h2-6,13H,7H2,1H3. The first-order valence-electron chi connectivity index (χ1n) is 4.54. The Morgan fingerprint density at radius 1 is 1.33 bits per heavy atom. The normalized spacial score (nSPS) is 10.5. The predicted molar refractivity (Wildman–Crippen MR) is 59.6 cm³/mol. The number of hydrogen-bond donors (Lipinski definition) is 1. The Kier molecular flexibility index (Phi) is 3.08. The van der Waals surface area contributed by atoms with E-state index >= 15 is 0 Å². The van der Waals surface area contributed by atoms with Crippen molar-refractivity contribution in [2.24, 2.45) is 0 Å². The number of thioether (sulfide) groups is 1. The lowest BCUT2D eigenvalue weighted by Gasteiger charge is -1.97. The molecule has 2 rings (SSSR count). The topological polar surface area (TPSA) is 46.3 Å². The highest BCUT2D eigenvalue weighted by Crippen LogP contribution is 2.23. The smallest absolute Gasteiger partial charge is 0.167 e. The van der Waals surface area contributed by atoms with E-state index < -0.39 is 0 Å². The van der Waals surface area contributed by atoms with Crippen LogP contribution in [-0.2, 0) is 6.61 Å². The first-order valence-corrected chi connectivity index (χ1v) is 5.77. The molecule has 0 radical (unpaired) electrons. The van der Waals surface area contributed by atoms with Crippen molar-refractivity contribution < 1.29 is 9.63 Å². The van der Waals surface area contributed by atoms with Crippen LogP contribution >= 0.6 is 11.8 Å². The molecular weight excluding hydrogens is 210 g/mol. The second-order valence-corrected chi connectivity index (χ2v) is 3.95. The van der Waals surface area contributed by atoms with E-state index in [1.807, 2.05) is 30.5 Å². The van der Waals surface area contributed by atoms with Crippen LogP contribution in [0, 0.1) is 0 Å². The molecule has 0 spiro atoms. The van der Waals surface area contributed by atoms with Gasteiger partial charge in [-0.3, -0.25) is 0 Å². The molecule has 0 aliphatic rings. The Labute approximate surface area is 92.1 Å². The Bertz CT molecular complexity index is 436. The third-order valence-electron chi connectivity index (χ3n) is 2.10. The van der Waals surface area contributed by atoms with Crippen LogP contribution < -0.4 is 0 Å². The fourth-order valence-electron chi connectivity index (χ4n) is 1.28. The van der Waals surface area contributed by atoms with Crippen LogP contribution in [0.4, 0.5) is 0 Å². The van der Waals surface area contributed by atoms with Gasteiger partial charge in [-0.25, -0.2) is 0 Å². The minimum Gasteiger partial charge on any atom is -0.390 e. The van der Waals surface area contributed by atoms with Crippen LogP contribution in [-0.4, -0.2) is 16.5 Å². The molecule has 78 valence electrons. The van der Waals surface area contributed by atoms with Crippen molar-refractivity contribution in [3.8, 4) is 11.3 Å². The molecule has 3 nitrogen and oxygen atoms in total. The summed E-state index contributed by atoms with van der Waals surface area (Å²) in [5.74, 6) is 0.687. The van der Waals surface area contributed by atoms with E-state index in [2.05, 4.69) is 5.16 Å². The average molecular weight is 221 g/mol. The predicted octanol–water partition coefficient (Wildman–Crippen LogP) is 2.56. The maximum atomic E-state index is 8.85. The molecule has 0 saturated heterocycles. The van der Waals surface area contributed by atoms with Crippen molar-refractivity contribution in [3.63, 3.8) is 0 Å². The molecule has 1 aromatic heterocycles. The molecule has 0 aliphatic heterocycles. The van der Waals surface area contributed by atoms with Crippen molar-refractivity contribution in [2.75, 3.05) is 6.26 Å². The summed E-state index contributed by atoms with van der Waals surface area (Å²) in [6, 6.07) is 9.76. The van der Waals surface area contributed by atoms with E-state index in [0.29, 0.717) is 11.5 Å². The summed E-state index contributed by atoms with van der Waals surface area (Å²) in [6.07, 6.45) is 2.04. The minimum atomic E-state index is -0.0909. The van der Waals surface area contributed by atoms with Gasteiger partial charge < -0.3 is 9.63 Å². The zero-order valence-electron chi connectivity index (χ0n) is 8.30. The van der Waals surface area contributed by atoms with Gasteiger partial charge in [-0.15, -0.1) is 11.8 Å². The Morgan fingerprint density at radius 2 is 2.07 bits per heavy atom. The SMILES string of the molecule is CSc1ccc(-c2cc(CO)no2)cc1. The number of aliphatic hydroxyl groups is 1. The Hall–Kier alpha value is -1.26. The number of nitrogens with zero attached hydrogens (tertiary/aromatic N) is 1.